The van der Waals surface area contributed by atoms with Gasteiger partial charge in [0, 0.05) is 21.8 Å². The zero-order valence-corrected chi connectivity index (χ0v) is 16.2. The third-order valence-corrected chi connectivity index (χ3v) is 4.36. The average Bonchev–Trinajstić information content (AvgIpc) is 2.68. The third kappa shape index (κ3) is 5.00. The molecule has 0 aliphatic rings. The first-order valence-corrected chi connectivity index (χ1v) is 9.03. The summed E-state index contributed by atoms with van der Waals surface area (Å²) in [5.74, 6) is -2.01. The number of carbonyl (C=O) groups excluding carboxylic acids is 2. The fraction of sp³-hybridized carbons (Fsp3) is 0.0455. The van der Waals surface area contributed by atoms with Crippen molar-refractivity contribution in [2.75, 3.05) is 10.6 Å². The number of anilines is 2. The molecule has 3 N–H and O–H groups in total. The highest BCUT2D eigenvalue weighted by molar-refractivity contribution is 6.31. The number of amides is 2. The van der Waals surface area contributed by atoms with Gasteiger partial charge in [-0.15, -0.1) is 0 Å². The summed E-state index contributed by atoms with van der Waals surface area (Å²) in [4.78, 5) is 36.3. The topological polar surface area (TPSA) is 95.5 Å². The highest BCUT2D eigenvalue weighted by Crippen LogP contribution is 2.22. The van der Waals surface area contributed by atoms with Crippen LogP contribution in [0.5, 0.6) is 0 Å². The largest absolute Gasteiger partial charge is 0.478 e. The van der Waals surface area contributed by atoms with E-state index in [1.165, 1.54) is 24.3 Å². The number of hydrogen-bond acceptors (Lipinski definition) is 3. The van der Waals surface area contributed by atoms with Crippen LogP contribution in [0.3, 0.4) is 0 Å². The van der Waals surface area contributed by atoms with Crippen molar-refractivity contribution in [1.82, 2.24) is 0 Å². The molecular weight excluding hydrogens is 392 g/mol. The number of carboxylic acid groups (broad SMARTS) is 1. The lowest BCUT2D eigenvalue weighted by Gasteiger charge is -2.11. The van der Waals surface area contributed by atoms with Crippen molar-refractivity contribution in [3.05, 3.63) is 94.0 Å². The molecule has 0 heterocycles. The van der Waals surface area contributed by atoms with Gasteiger partial charge in [-0.1, -0.05) is 35.4 Å². The SMILES string of the molecule is Cc1cccc(C(=O)Nc2cccc(C(=O)Nc3cc(Cl)ccc3C(=O)O)c2)c1. The van der Waals surface area contributed by atoms with E-state index in [0.717, 1.165) is 5.56 Å². The molecule has 0 radical (unpaired) electrons. The van der Waals surface area contributed by atoms with Crippen LogP contribution >= 0.6 is 11.6 Å². The first-order chi connectivity index (χ1) is 13.8. The summed E-state index contributed by atoms with van der Waals surface area (Å²) < 4.78 is 0. The molecule has 7 heteroatoms. The van der Waals surface area contributed by atoms with E-state index in [-0.39, 0.29) is 22.7 Å². The van der Waals surface area contributed by atoms with E-state index in [4.69, 9.17) is 11.6 Å². The summed E-state index contributed by atoms with van der Waals surface area (Å²) in [5, 5.41) is 14.9. The summed E-state index contributed by atoms with van der Waals surface area (Å²) in [5.41, 5.74) is 2.17. The zero-order chi connectivity index (χ0) is 21.0. The Morgan fingerprint density at radius 2 is 1.48 bits per heavy atom. The second-order valence-electron chi connectivity index (χ2n) is 6.35. The maximum Gasteiger partial charge on any atom is 0.337 e. The monoisotopic (exact) mass is 408 g/mol. The van der Waals surface area contributed by atoms with Gasteiger partial charge in [-0.05, 0) is 55.5 Å². The molecule has 0 spiro atoms. The van der Waals surface area contributed by atoms with Crippen LogP contribution in [0.4, 0.5) is 11.4 Å². The number of carbonyl (C=O) groups is 3. The molecule has 3 rings (SSSR count). The number of halogens is 1. The van der Waals surface area contributed by atoms with Crippen molar-refractivity contribution < 1.29 is 19.5 Å². The molecule has 0 saturated carbocycles. The smallest absolute Gasteiger partial charge is 0.337 e. The Morgan fingerprint density at radius 1 is 0.828 bits per heavy atom. The Hall–Kier alpha value is -3.64. The molecule has 0 atom stereocenters. The quantitative estimate of drug-likeness (QED) is 0.562. The molecule has 0 aliphatic heterocycles. The first-order valence-electron chi connectivity index (χ1n) is 8.66. The summed E-state index contributed by atoms with van der Waals surface area (Å²) in [6, 6.07) is 17.6. The molecule has 0 aliphatic carbocycles. The van der Waals surface area contributed by atoms with Gasteiger partial charge in [0.2, 0.25) is 0 Å². The lowest BCUT2D eigenvalue weighted by molar-refractivity contribution is 0.0698. The summed E-state index contributed by atoms with van der Waals surface area (Å²) >= 11 is 5.91. The normalized spacial score (nSPS) is 10.3. The number of aryl methyl sites for hydroxylation is 1. The Morgan fingerprint density at radius 3 is 2.17 bits per heavy atom. The highest BCUT2D eigenvalue weighted by Gasteiger charge is 2.15. The highest BCUT2D eigenvalue weighted by atomic mass is 35.5. The molecule has 0 fully saturated rings. The minimum atomic E-state index is -1.18. The minimum Gasteiger partial charge on any atom is -0.478 e. The maximum atomic E-state index is 12.6. The second-order valence-corrected chi connectivity index (χ2v) is 6.79. The number of carboxylic acids is 1. The molecule has 0 saturated heterocycles. The molecule has 29 heavy (non-hydrogen) atoms. The van der Waals surface area contributed by atoms with Crippen LogP contribution in [-0.2, 0) is 0 Å². The third-order valence-electron chi connectivity index (χ3n) is 4.12. The van der Waals surface area contributed by atoms with Crippen molar-refractivity contribution in [1.29, 1.82) is 0 Å². The van der Waals surface area contributed by atoms with Gasteiger partial charge in [0.1, 0.15) is 0 Å². The predicted molar refractivity (Wildman–Crippen MR) is 112 cm³/mol. The van der Waals surface area contributed by atoms with Gasteiger partial charge < -0.3 is 15.7 Å². The standard InChI is InChI=1S/C22H17ClN2O4/c1-13-4-2-5-14(10-13)20(26)24-17-7-3-6-15(11-17)21(27)25-19-12-16(23)8-9-18(19)22(28)29/h2-12H,1H3,(H,24,26)(H,25,27)(H,28,29). The van der Waals surface area contributed by atoms with Crippen molar-refractivity contribution in [3.63, 3.8) is 0 Å². The van der Waals surface area contributed by atoms with Crippen LogP contribution in [0.2, 0.25) is 5.02 Å². The molecule has 0 unspecified atom stereocenters. The lowest BCUT2D eigenvalue weighted by atomic mass is 10.1. The Labute approximate surface area is 172 Å². The molecule has 0 aromatic heterocycles. The number of hydrogen-bond donors (Lipinski definition) is 3. The number of benzene rings is 3. The zero-order valence-electron chi connectivity index (χ0n) is 15.4. The molecule has 3 aromatic rings. The van der Waals surface area contributed by atoms with Crippen LogP contribution in [0.25, 0.3) is 0 Å². The van der Waals surface area contributed by atoms with Crippen molar-refractivity contribution in [2.45, 2.75) is 6.92 Å². The lowest BCUT2D eigenvalue weighted by Crippen LogP contribution is -2.16. The average molecular weight is 409 g/mol. The van der Waals surface area contributed by atoms with E-state index < -0.39 is 11.9 Å². The summed E-state index contributed by atoms with van der Waals surface area (Å²) in [6.45, 7) is 1.89. The fourth-order valence-electron chi connectivity index (χ4n) is 2.73. The van der Waals surface area contributed by atoms with Crippen molar-refractivity contribution in [2.24, 2.45) is 0 Å². The summed E-state index contributed by atoms with van der Waals surface area (Å²) in [6.07, 6.45) is 0. The van der Waals surface area contributed by atoms with E-state index in [0.29, 0.717) is 16.3 Å². The van der Waals surface area contributed by atoms with Crippen molar-refractivity contribution in [3.8, 4) is 0 Å². The van der Waals surface area contributed by atoms with E-state index in [1.807, 2.05) is 13.0 Å². The Kier molecular flexibility index (Phi) is 5.95. The minimum absolute atomic E-state index is 0.0772. The van der Waals surface area contributed by atoms with Crippen molar-refractivity contribution >= 4 is 40.8 Å². The van der Waals surface area contributed by atoms with E-state index in [1.54, 1.807) is 36.4 Å². The van der Waals surface area contributed by atoms with Crippen LogP contribution in [0.1, 0.15) is 36.6 Å². The van der Waals surface area contributed by atoms with E-state index >= 15 is 0 Å². The van der Waals surface area contributed by atoms with Gasteiger partial charge in [-0.3, -0.25) is 9.59 Å². The molecule has 2 amide bonds. The van der Waals surface area contributed by atoms with Gasteiger partial charge in [0.05, 0.1) is 11.3 Å². The van der Waals surface area contributed by atoms with Crippen LogP contribution in [-0.4, -0.2) is 22.9 Å². The molecule has 3 aromatic carbocycles. The maximum absolute atomic E-state index is 12.6. The summed E-state index contributed by atoms with van der Waals surface area (Å²) in [7, 11) is 0. The molecule has 6 nitrogen and oxygen atoms in total. The Bertz CT molecular complexity index is 1110. The first kappa shape index (κ1) is 20.1. The van der Waals surface area contributed by atoms with Gasteiger partial charge in [-0.25, -0.2) is 4.79 Å². The molecule has 0 bridgehead atoms. The van der Waals surface area contributed by atoms with Crippen LogP contribution in [0.15, 0.2) is 66.7 Å². The molecular formula is C22H17ClN2O4. The van der Waals surface area contributed by atoms with Gasteiger partial charge in [0.15, 0.2) is 0 Å². The van der Waals surface area contributed by atoms with E-state index in [2.05, 4.69) is 10.6 Å². The van der Waals surface area contributed by atoms with E-state index in [9.17, 15) is 19.5 Å². The van der Waals surface area contributed by atoms with Crippen LogP contribution in [0, 0.1) is 6.92 Å². The van der Waals surface area contributed by atoms with Gasteiger partial charge in [-0.2, -0.15) is 0 Å². The number of rotatable bonds is 5. The number of aromatic carboxylic acids is 1. The van der Waals surface area contributed by atoms with Gasteiger partial charge in [0.25, 0.3) is 11.8 Å². The Balaban J connectivity index is 1.79. The number of nitrogens with one attached hydrogen (secondary N) is 2. The van der Waals surface area contributed by atoms with Gasteiger partial charge >= 0.3 is 5.97 Å². The van der Waals surface area contributed by atoms with Crippen LogP contribution < -0.4 is 10.6 Å². The molecule has 146 valence electrons. The fourth-order valence-corrected chi connectivity index (χ4v) is 2.90. The predicted octanol–water partition coefficient (Wildman–Crippen LogP) is 4.85. The second kappa shape index (κ2) is 8.58.